The van der Waals surface area contributed by atoms with Crippen LogP contribution in [-0.2, 0) is 10.1 Å². The maximum absolute atomic E-state index is 10.4. The minimum atomic E-state index is -4.81. The van der Waals surface area contributed by atoms with Crippen LogP contribution in [0, 0.1) is 5.92 Å². The van der Waals surface area contributed by atoms with Gasteiger partial charge in [-0.25, -0.2) is 0 Å². The largest absolute Gasteiger partial charge is 0.352 e. The summed E-state index contributed by atoms with van der Waals surface area (Å²) >= 11 is 0. The molecule has 0 amide bonds. The van der Waals surface area contributed by atoms with Gasteiger partial charge in [-0.05, 0) is 6.42 Å². The third kappa shape index (κ3) is 2.41. The molecular formula is C6H14O5S. The Morgan fingerprint density at radius 3 is 2.08 bits per heavy atom. The predicted octanol–water partition coefficient (Wildman–Crippen LogP) is -0.0512. The first-order valence-electron chi connectivity index (χ1n) is 3.65. The van der Waals surface area contributed by atoms with Gasteiger partial charge in [0.15, 0.2) is 0 Å². The van der Waals surface area contributed by atoms with Gasteiger partial charge in [-0.3, -0.25) is 4.55 Å². The van der Waals surface area contributed by atoms with Gasteiger partial charge in [-0.1, -0.05) is 20.3 Å². The third-order valence-corrected chi connectivity index (χ3v) is 2.90. The van der Waals surface area contributed by atoms with E-state index < -0.39 is 21.2 Å². The minimum absolute atomic E-state index is 0.312. The molecule has 0 rings (SSSR count). The van der Waals surface area contributed by atoms with Gasteiger partial charge in [-0.15, -0.1) is 0 Å². The van der Waals surface area contributed by atoms with Crippen molar-refractivity contribution in [2.75, 3.05) is 0 Å². The summed E-state index contributed by atoms with van der Waals surface area (Å²) < 4.78 is 29.3. The zero-order valence-electron chi connectivity index (χ0n) is 7.06. The maximum Gasteiger partial charge on any atom is 0.321 e. The van der Waals surface area contributed by atoms with Gasteiger partial charge in [0.05, 0.1) is 0 Å². The van der Waals surface area contributed by atoms with Crippen molar-refractivity contribution in [3.8, 4) is 0 Å². The number of hydrogen-bond donors (Lipinski definition) is 3. The second kappa shape index (κ2) is 3.69. The zero-order valence-corrected chi connectivity index (χ0v) is 7.87. The molecule has 0 spiro atoms. The van der Waals surface area contributed by atoms with Crippen molar-refractivity contribution in [3.05, 3.63) is 0 Å². The van der Waals surface area contributed by atoms with Gasteiger partial charge >= 0.3 is 10.1 Å². The molecule has 1 unspecified atom stereocenters. The monoisotopic (exact) mass is 198 g/mol. The van der Waals surface area contributed by atoms with E-state index in [0.717, 1.165) is 0 Å². The summed E-state index contributed by atoms with van der Waals surface area (Å²) in [6.07, 6.45) is 0.923. The van der Waals surface area contributed by atoms with E-state index in [1.165, 1.54) is 6.92 Å². The van der Waals surface area contributed by atoms with Gasteiger partial charge in [0, 0.05) is 5.92 Å². The van der Waals surface area contributed by atoms with Gasteiger partial charge in [0.25, 0.3) is 5.12 Å². The number of rotatable bonds is 4. The highest BCUT2D eigenvalue weighted by Crippen LogP contribution is 2.23. The topological polar surface area (TPSA) is 94.8 Å². The van der Waals surface area contributed by atoms with E-state index in [0.29, 0.717) is 12.8 Å². The molecule has 5 nitrogen and oxygen atoms in total. The molecule has 3 N–H and O–H groups in total. The Kier molecular flexibility index (Phi) is 3.64. The van der Waals surface area contributed by atoms with Gasteiger partial charge in [-0.2, -0.15) is 8.42 Å². The van der Waals surface area contributed by atoms with E-state index in [2.05, 4.69) is 0 Å². The van der Waals surface area contributed by atoms with Crippen LogP contribution >= 0.6 is 0 Å². The maximum atomic E-state index is 10.4. The van der Waals surface area contributed by atoms with Gasteiger partial charge < -0.3 is 10.2 Å². The molecule has 0 aromatic rings. The molecule has 12 heavy (non-hydrogen) atoms. The van der Waals surface area contributed by atoms with E-state index in [9.17, 15) is 8.42 Å². The average molecular weight is 198 g/mol. The lowest BCUT2D eigenvalue weighted by Crippen LogP contribution is -2.44. The van der Waals surface area contributed by atoms with Crippen LogP contribution < -0.4 is 0 Å². The molecule has 0 heterocycles. The van der Waals surface area contributed by atoms with Crippen LogP contribution in [0.15, 0.2) is 0 Å². The SMILES string of the molecule is CCCC(C)C(O)(O)S(=O)(=O)O. The first kappa shape index (κ1) is 11.8. The quantitative estimate of drug-likeness (QED) is 0.435. The van der Waals surface area contributed by atoms with E-state index in [4.69, 9.17) is 14.8 Å². The zero-order chi connectivity index (χ0) is 9.99. The van der Waals surface area contributed by atoms with Crippen molar-refractivity contribution in [2.45, 2.75) is 31.8 Å². The molecule has 6 heteroatoms. The first-order valence-corrected chi connectivity index (χ1v) is 5.09. The van der Waals surface area contributed by atoms with E-state index in [-0.39, 0.29) is 0 Å². The fourth-order valence-electron chi connectivity index (χ4n) is 0.875. The van der Waals surface area contributed by atoms with Crippen LogP contribution in [0.3, 0.4) is 0 Å². The number of hydrogen-bond acceptors (Lipinski definition) is 4. The lowest BCUT2D eigenvalue weighted by molar-refractivity contribution is -0.130. The summed E-state index contributed by atoms with van der Waals surface area (Å²) in [6.45, 7) is 3.12. The molecule has 0 saturated carbocycles. The fraction of sp³-hybridized carbons (Fsp3) is 1.00. The predicted molar refractivity (Wildman–Crippen MR) is 42.8 cm³/mol. The molecule has 1 atom stereocenters. The summed E-state index contributed by atoms with van der Waals surface area (Å²) in [5.74, 6) is -0.905. The van der Waals surface area contributed by atoms with Crippen LogP contribution in [0.2, 0.25) is 0 Å². The van der Waals surface area contributed by atoms with Crippen molar-refractivity contribution in [2.24, 2.45) is 5.92 Å². The molecule has 0 radical (unpaired) electrons. The molecule has 74 valence electrons. The van der Waals surface area contributed by atoms with Crippen LogP contribution in [-0.4, -0.2) is 28.3 Å². The Bertz CT molecular complexity index is 230. The average Bonchev–Trinajstić information content (AvgIpc) is 1.85. The summed E-state index contributed by atoms with van der Waals surface area (Å²) in [4.78, 5) is 0. The Hall–Kier alpha value is -0.170. The lowest BCUT2D eigenvalue weighted by Gasteiger charge is -2.24. The van der Waals surface area contributed by atoms with E-state index in [1.807, 2.05) is 0 Å². The molecular weight excluding hydrogens is 184 g/mol. The summed E-state index contributed by atoms with van der Waals surface area (Å²) in [6, 6.07) is 0. The second-order valence-corrected chi connectivity index (χ2v) is 4.37. The van der Waals surface area contributed by atoms with Crippen LogP contribution in [0.1, 0.15) is 26.7 Å². The van der Waals surface area contributed by atoms with Crippen molar-refractivity contribution in [1.82, 2.24) is 0 Å². The molecule has 0 aliphatic carbocycles. The van der Waals surface area contributed by atoms with Gasteiger partial charge in [0.2, 0.25) is 0 Å². The van der Waals surface area contributed by atoms with Crippen LogP contribution in [0.25, 0.3) is 0 Å². The molecule has 0 bridgehead atoms. The summed E-state index contributed by atoms with van der Waals surface area (Å²) in [5.41, 5.74) is 0. The standard InChI is InChI=1S/C6H14O5S/c1-3-4-5(2)6(7,8)12(9,10)11/h5,7-8H,3-4H2,1-2H3,(H,9,10,11). The smallest absolute Gasteiger partial charge is 0.321 e. The lowest BCUT2D eigenvalue weighted by atomic mass is 10.1. The van der Waals surface area contributed by atoms with E-state index >= 15 is 0 Å². The van der Waals surface area contributed by atoms with E-state index in [1.54, 1.807) is 6.92 Å². The molecule has 0 fully saturated rings. The Balaban J connectivity index is 4.62. The highest BCUT2D eigenvalue weighted by atomic mass is 32.2. The van der Waals surface area contributed by atoms with Crippen molar-refractivity contribution < 1.29 is 23.2 Å². The molecule has 0 aromatic carbocycles. The third-order valence-electron chi connectivity index (χ3n) is 1.74. The Labute approximate surface area is 71.8 Å². The normalized spacial score (nSPS) is 16.1. The fourth-order valence-corrected chi connectivity index (χ4v) is 1.50. The summed E-state index contributed by atoms with van der Waals surface area (Å²) in [5, 5.41) is 14.9. The molecule has 0 saturated heterocycles. The first-order chi connectivity index (χ1) is 5.23. The summed E-state index contributed by atoms with van der Waals surface area (Å²) in [7, 11) is -4.81. The second-order valence-electron chi connectivity index (χ2n) is 2.82. The van der Waals surface area contributed by atoms with Crippen molar-refractivity contribution in [1.29, 1.82) is 0 Å². The number of aliphatic hydroxyl groups is 2. The van der Waals surface area contributed by atoms with Crippen LogP contribution in [0.4, 0.5) is 0 Å². The Morgan fingerprint density at radius 2 is 1.83 bits per heavy atom. The van der Waals surface area contributed by atoms with Crippen molar-refractivity contribution in [3.63, 3.8) is 0 Å². The van der Waals surface area contributed by atoms with Crippen LogP contribution in [0.5, 0.6) is 0 Å². The molecule has 0 aliphatic heterocycles. The van der Waals surface area contributed by atoms with Crippen molar-refractivity contribution >= 4 is 10.1 Å². The van der Waals surface area contributed by atoms with Gasteiger partial charge in [0.1, 0.15) is 0 Å². The minimum Gasteiger partial charge on any atom is -0.352 e. The highest BCUT2D eigenvalue weighted by Gasteiger charge is 2.43. The molecule has 0 aliphatic rings. The molecule has 0 aromatic heterocycles. The Morgan fingerprint density at radius 1 is 1.42 bits per heavy atom. The highest BCUT2D eigenvalue weighted by molar-refractivity contribution is 7.86.